The first-order valence-electron chi connectivity index (χ1n) is 8.63. The van der Waals surface area contributed by atoms with Gasteiger partial charge in [0, 0.05) is 6.04 Å². The van der Waals surface area contributed by atoms with Gasteiger partial charge in [0.1, 0.15) is 0 Å². The molecule has 1 aromatic heterocycles. The number of anilines is 1. The summed E-state index contributed by atoms with van der Waals surface area (Å²) >= 11 is 6.04. The molecule has 0 bridgehead atoms. The van der Waals surface area contributed by atoms with E-state index in [0.717, 1.165) is 18.4 Å². The van der Waals surface area contributed by atoms with Crippen molar-refractivity contribution in [1.29, 1.82) is 0 Å². The summed E-state index contributed by atoms with van der Waals surface area (Å²) in [6, 6.07) is 0.0196. The first kappa shape index (κ1) is 19.0. The molecule has 26 heavy (non-hydrogen) atoms. The van der Waals surface area contributed by atoms with Crippen LogP contribution in [0.1, 0.15) is 25.0 Å². The zero-order valence-electron chi connectivity index (χ0n) is 14.5. The van der Waals surface area contributed by atoms with Gasteiger partial charge >= 0.3 is 12.7 Å². The molecule has 0 aliphatic carbocycles. The molecule has 1 fully saturated rings. The summed E-state index contributed by atoms with van der Waals surface area (Å²) in [4.78, 5) is 21.4. The first-order valence-corrected chi connectivity index (χ1v) is 9.01. The van der Waals surface area contributed by atoms with E-state index in [0.29, 0.717) is 32.7 Å². The molecule has 11 heteroatoms. The summed E-state index contributed by atoms with van der Waals surface area (Å²) in [5, 5.41) is 24.5. The van der Waals surface area contributed by atoms with Crippen LogP contribution in [0, 0.1) is 10.1 Å². The fourth-order valence-corrected chi connectivity index (χ4v) is 3.45. The Hall–Kier alpha value is -1.75. The van der Waals surface area contributed by atoms with Gasteiger partial charge in [-0.2, -0.15) is 4.98 Å². The first-order chi connectivity index (χ1) is 12.5. The summed E-state index contributed by atoms with van der Waals surface area (Å²) in [5.41, 5.74) is 0.849. The van der Waals surface area contributed by atoms with Crippen molar-refractivity contribution in [1.82, 2.24) is 14.8 Å². The SMILES string of the molecule is CB(O)N1CCC(Nc2nc(Cl)nc(C3=CCOCC3)c2[N+](=O)[O-])CC1. The van der Waals surface area contributed by atoms with Crippen LogP contribution in [0.25, 0.3) is 5.57 Å². The van der Waals surface area contributed by atoms with Gasteiger partial charge in [0.05, 0.1) is 18.1 Å². The molecule has 1 aromatic rings. The zero-order valence-corrected chi connectivity index (χ0v) is 15.3. The summed E-state index contributed by atoms with van der Waals surface area (Å²) in [5.74, 6) is 0.146. The number of hydrogen-bond acceptors (Lipinski definition) is 8. The summed E-state index contributed by atoms with van der Waals surface area (Å²) in [6.07, 6.45) is 3.82. The van der Waals surface area contributed by atoms with E-state index in [4.69, 9.17) is 16.3 Å². The Morgan fingerprint density at radius 1 is 1.46 bits per heavy atom. The van der Waals surface area contributed by atoms with Crippen molar-refractivity contribution in [3.63, 3.8) is 0 Å². The normalized spacial score (nSPS) is 19.1. The van der Waals surface area contributed by atoms with Crippen LogP contribution in [0.5, 0.6) is 0 Å². The van der Waals surface area contributed by atoms with Gasteiger partial charge < -0.3 is 19.9 Å². The molecule has 0 amide bonds. The highest BCUT2D eigenvalue weighted by molar-refractivity contribution is 6.45. The van der Waals surface area contributed by atoms with Crippen molar-refractivity contribution in [2.75, 3.05) is 31.6 Å². The minimum atomic E-state index is -0.495. The predicted molar refractivity (Wildman–Crippen MR) is 99.2 cm³/mol. The lowest BCUT2D eigenvalue weighted by molar-refractivity contribution is -0.384. The number of nitro groups is 1. The van der Waals surface area contributed by atoms with Crippen molar-refractivity contribution in [3.05, 3.63) is 27.2 Å². The monoisotopic (exact) mass is 381 g/mol. The molecule has 9 nitrogen and oxygen atoms in total. The van der Waals surface area contributed by atoms with Crippen molar-refractivity contribution >= 4 is 35.7 Å². The number of piperidine rings is 1. The van der Waals surface area contributed by atoms with Gasteiger partial charge in [-0.25, -0.2) is 4.98 Å². The Morgan fingerprint density at radius 2 is 2.19 bits per heavy atom. The number of hydrogen-bond donors (Lipinski definition) is 2. The highest BCUT2D eigenvalue weighted by Crippen LogP contribution is 2.35. The second-order valence-electron chi connectivity index (χ2n) is 6.44. The molecule has 1 saturated heterocycles. The van der Waals surface area contributed by atoms with Crippen LogP contribution in [-0.4, -0.2) is 64.1 Å². The number of aromatic nitrogens is 2. The highest BCUT2D eigenvalue weighted by Gasteiger charge is 2.30. The minimum absolute atomic E-state index is 0.0196. The van der Waals surface area contributed by atoms with E-state index in [9.17, 15) is 15.1 Å². The maximum Gasteiger partial charge on any atom is 0.376 e. The second-order valence-corrected chi connectivity index (χ2v) is 6.77. The predicted octanol–water partition coefficient (Wildman–Crippen LogP) is 1.83. The molecule has 3 rings (SSSR count). The molecule has 0 aromatic carbocycles. The largest absolute Gasteiger partial charge is 0.437 e. The number of ether oxygens (including phenoxy) is 1. The Labute approximate surface area is 156 Å². The number of halogens is 1. The van der Waals surface area contributed by atoms with Gasteiger partial charge in [0.15, 0.2) is 5.69 Å². The smallest absolute Gasteiger partial charge is 0.376 e. The molecule has 0 atom stereocenters. The Balaban J connectivity index is 1.86. The van der Waals surface area contributed by atoms with Crippen LogP contribution in [-0.2, 0) is 4.74 Å². The topological polar surface area (TPSA) is 114 Å². The quantitative estimate of drug-likeness (QED) is 0.344. The molecule has 3 heterocycles. The maximum absolute atomic E-state index is 11.7. The van der Waals surface area contributed by atoms with E-state index in [1.54, 1.807) is 12.9 Å². The third-order valence-electron chi connectivity index (χ3n) is 4.71. The van der Waals surface area contributed by atoms with Crippen molar-refractivity contribution in [2.45, 2.75) is 32.1 Å². The third kappa shape index (κ3) is 4.32. The molecule has 2 aliphatic heterocycles. The van der Waals surface area contributed by atoms with Crippen LogP contribution >= 0.6 is 11.6 Å². The van der Waals surface area contributed by atoms with Crippen LogP contribution in [0.15, 0.2) is 6.08 Å². The lowest BCUT2D eigenvalue weighted by Gasteiger charge is -2.33. The van der Waals surface area contributed by atoms with Crippen molar-refractivity contribution < 1.29 is 14.7 Å². The van der Waals surface area contributed by atoms with Crippen LogP contribution in [0.3, 0.4) is 0 Å². The third-order valence-corrected chi connectivity index (χ3v) is 4.87. The molecular weight excluding hydrogens is 360 g/mol. The Morgan fingerprint density at radius 3 is 2.77 bits per heavy atom. The number of rotatable bonds is 5. The van der Waals surface area contributed by atoms with E-state index < -0.39 is 12.0 Å². The number of nitrogens with one attached hydrogen (secondary N) is 1. The van der Waals surface area contributed by atoms with E-state index >= 15 is 0 Å². The molecular formula is C15H21BClN5O4. The fraction of sp³-hybridized carbons (Fsp3) is 0.600. The molecule has 0 unspecified atom stereocenters. The van der Waals surface area contributed by atoms with E-state index in [-0.39, 0.29) is 28.5 Å². The van der Waals surface area contributed by atoms with Gasteiger partial charge in [-0.3, -0.25) is 10.1 Å². The van der Waals surface area contributed by atoms with Crippen LogP contribution in [0.4, 0.5) is 11.5 Å². The zero-order chi connectivity index (χ0) is 18.7. The average molecular weight is 382 g/mol. The van der Waals surface area contributed by atoms with Crippen molar-refractivity contribution in [2.24, 2.45) is 0 Å². The van der Waals surface area contributed by atoms with Gasteiger partial charge in [0.25, 0.3) is 0 Å². The van der Waals surface area contributed by atoms with Crippen LogP contribution in [0.2, 0.25) is 12.1 Å². The van der Waals surface area contributed by atoms with Crippen LogP contribution < -0.4 is 5.32 Å². The molecule has 0 saturated carbocycles. The van der Waals surface area contributed by atoms with E-state index in [1.807, 2.05) is 4.81 Å². The van der Waals surface area contributed by atoms with Gasteiger partial charge in [-0.1, -0.05) is 6.08 Å². The second kappa shape index (κ2) is 8.30. The highest BCUT2D eigenvalue weighted by atomic mass is 35.5. The Kier molecular flexibility index (Phi) is 6.07. The van der Waals surface area contributed by atoms with Gasteiger partial charge in [-0.15, -0.1) is 0 Å². The number of nitrogens with zero attached hydrogens (tertiary/aromatic N) is 4. The maximum atomic E-state index is 11.7. The standard InChI is InChI=1S/C15H21BClN5O4/c1-16(23)21-6-2-11(3-7-21)18-14-13(22(24)25)12(19-15(17)20-14)10-4-8-26-9-5-10/h4,11,23H,2-3,5-9H2,1H3,(H,18,19,20). The van der Waals surface area contributed by atoms with Crippen molar-refractivity contribution in [3.8, 4) is 0 Å². The Bertz CT molecular complexity index is 710. The molecule has 0 spiro atoms. The van der Waals surface area contributed by atoms with E-state index in [2.05, 4.69) is 15.3 Å². The molecule has 2 aliphatic rings. The fourth-order valence-electron chi connectivity index (χ4n) is 3.28. The summed E-state index contributed by atoms with van der Waals surface area (Å²) < 4.78 is 5.27. The van der Waals surface area contributed by atoms with Gasteiger partial charge in [-0.05, 0) is 56.3 Å². The molecule has 140 valence electrons. The summed E-state index contributed by atoms with van der Waals surface area (Å²) in [7, 11) is -0.495. The lowest BCUT2D eigenvalue weighted by Crippen LogP contribution is -2.46. The average Bonchev–Trinajstić information content (AvgIpc) is 2.62. The molecule has 2 N–H and O–H groups in total. The summed E-state index contributed by atoms with van der Waals surface area (Å²) in [6.45, 7) is 4.03. The lowest BCUT2D eigenvalue weighted by atomic mass is 9.82. The van der Waals surface area contributed by atoms with Gasteiger partial charge in [0.2, 0.25) is 11.1 Å². The van der Waals surface area contributed by atoms with E-state index in [1.165, 1.54) is 0 Å². The minimum Gasteiger partial charge on any atom is -0.437 e. The molecule has 0 radical (unpaired) electrons.